The molecule has 14 heavy (non-hydrogen) atoms. The quantitative estimate of drug-likeness (QED) is 0.751. The van der Waals surface area contributed by atoms with E-state index in [9.17, 15) is 4.57 Å². The van der Waals surface area contributed by atoms with Gasteiger partial charge in [0.05, 0.1) is 0 Å². The smallest absolute Gasteiger partial charge is 0.318 e. The summed E-state index contributed by atoms with van der Waals surface area (Å²) in [6, 6.07) is 0. The average molecular weight is 219 g/mol. The molecule has 0 saturated heterocycles. The summed E-state index contributed by atoms with van der Waals surface area (Å²) in [4.78, 5) is 12.6. The van der Waals surface area contributed by atoms with Crippen LogP contribution in [0.4, 0.5) is 0 Å². The van der Waals surface area contributed by atoms with Gasteiger partial charge in [-0.25, -0.2) is 9.67 Å². The van der Waals surface area contributed by atoms with Crippen LogP contribution in [0.2, 0.25) is 0 Å². The zero-order chi connectivity index (χ0) is 10.6. The molecule has 0 fully saturated rings. The summed E-state index contributed by atoms with van der Waals surface area (Å²) in [5.74, 6) is 0. The van der Waals surface area contributed by atoms with Gasteiger partial charge in [-0.2, -0.15) is 5.10 Å². The van der Waals surface area contributed by atoms with Gasteiger partial charge in [0, 0.05) is 0 Å². The van der Waals surface area contributed by atoms with Crippen LogP contribution in [0.15, 0.2) is 12.7 Å². The Hall–Kier alpha value is -0.710. The molecule has 0 saturated carbocycles. The van der Waals surface area contributed by atoms with E-state index >= 15 is 0 Å². The largest absolute Gasteiger partial charge is 0.326 e. The van der Waals surface area contributed by atoms with Crippen molar-refractivity contribution in [2.75, 3.05) is 0 Å². The lowest BCUT2D eigenvalue weighted by atomic mass is 10.1. The summed E-state index contributed by atoms with van der Waals surface area (Å²) in [6.07, 6.45) is 3.98. The van der Waals surface area contributed by atoms with Gasteiger partial charge >= 0.3 is 8.25 Å². The summed E-state index contributed by atoms with van der Waals surface area (Å²) in [5, 5.41) is 3.93. The van der Waals surface area contributed by atoms with Crippen LogP contribution in [0.3, 0.4) is 0 Å². The van der Waals surface area contributed by atoms with E-state index in [1.165, 1.54) is 17.3 Å². The van der Waals surface area contributed by atoms with Crippen molar-refractivity contribution in [2.24, 2.45) is 0 Å². The molecule has 0 aliphatic rings. The first-order valence-corrected chi connectivity index (χ1v) is 5.68. The van der Waals surface area contributed by atoms with Crippen LogP contribution in [-0.4, -0.2) is 19.7 Å². The lowest BCUT2D eigenvalue weighted by Crippen LogP contribution is -2.34. The van der Waals surface area contributed by atoms with E-state index in [1.54, 1.807) is 0 Å². The van der Waals surface area contributed by atoms with Crippen molar-refractivity contribution in [1.29, 1.82) is 0 Å². The molecule has 1 atom stereocenters. The molecule has 1 rings (SSSR count). The maximum Gasteiger partial charge on any atom is 0.318 e. The molecule has 0 bridgehead atoms. The SMILES string of the molecule is CCC(CC)(O[PH](=O)O)n1cncn1. The molecule has 1 N–H and O–H groups in total. The van der Waals surface area contributed by atoms with E-state index in [0.29, 0.717) is 12.8 Å². The van der Waals surface area contributed by atoms with Gasteiger partial charge in [0.15, 0.2) is 5.72 Å². The molecule has 6 nitrogen and oxygen atoms in total. The molecule has 80 valence electrons. The fourth-order valence-electron chi connectivity index (χ4n) is 1.35. The van der Waals surface area contributed by atoms with E-state index in [-0.39, 0.29) is 0 Å². The molecule has 0 aliphatic carbocycles. The first-order valence-electron chi connectivity index (χ1n) is 4.41. The zero-order valence-electron chi connectivity index (χ0n) is 8.17. The number of hydrogen-bond acceptors (Lipinski definition) is 4. The highest BCUT2D eigenvalue weighted by Gasteiger charge is 2.31. The van der Waals surface area contributed by atoms with Gasteiger partial charge in [-0.05, 0) is 12.8 Å². The van der Waals surface area contributed by atoms with E-state index in [1.807, 2.05) is 13.8 Å². The van der Waals surface area contributed by atoms with Gasteiger partial charge in [-0.15, -0.1) is 0 Å². The van der Waals surface area contributed by atoms with Gasteiger partial charge < -0.3 is 4.89 Å². The van der Waals surface area contributed by atoms with E-state index in [4.69, 9.17) is 9.42 Å². The van der Waals surface area contributed by atoms with Gasteiger partial charge in [-0.1, -0.05) is 13.8 Å². The van der Waals surface area contributed by atoms with Crippen molar-refractivity contribution < 1.29 is 14.0 Å². The van der Waals surface area contributed by atoms with Crippen LogP contribution in [0.1, 0.15) is 26.7 Å². The fourth-order valence-corrected chi connectivity index (χ4v) is 2.05. The van der Waals surface area contributed by atoms with Gasteiger partial charge in [-0.3, -0.25) is 9.09 Å². The monoisotopic (exact) mass is 219 g/mol. The molecular weight excluding hydrogens is 205 g/mol. The van der Waals surface area contributed by atoms with Gasteiger partial charge in [0.1, 0.15) is 12.7 Å². The maximum atomic E-state index is 10.7. The lowest BCUT2D eigenvalue weighted by Gasteiger charge is -2.29. The topological polar surface area (TPSA) is 77.2 Å². The van der Waals surface area contributed by atoms with E-state index in [2.05, 4.69) is 10.1 Å². The Bertz CT molecular complexity index is 297. The highest BCUT2D eigenvalue weighted by molar-refractivity contribution is 7.32. The standard InChI is InChI=1S/C7H14N3O3P/c1-3-7(4-2,13-14(11)12)10-6-8-5-9-10/h5-6,14H,3-4H2,1-2H3,(H,11,12). The van der Waals surface area contributed by atoms with Crippen molar-refractivity contribution in [3.63, 3.8) is 0 Å². The molecule has 1 aromatic rings. The zero-order valence-corrected chi connectivity index (χ0v) is 9.17. The second kappa shape index (κ2) is 4.68. The molecule has 0 amide bonds. The molecule has 0 aromatic carbocycles. The Kier molecular flexibility index (Phi) is 3.80. The summed E-state index contributed by atoms with van der Waals surface area (Å²) in [7, 11) is -2.98. The van der Waals surface area contributed by atoms with Crippen molar-refractivity contribution in [3.8, 4) is 0 Å². The molecule has 0 radical (unpaired) electrons. The van der Waals surface area contributed by atoms with Crippen molar-refractivity contribution in [2.45, 2.75) is 32.4 Å². The minimum atomic E-state index is -2.98. The average Bonchev–Trinajstić information content (AvgIpc) is 2.67. The predicted molar refractivity (Wildman–Crippen MR) is 50.9 cm³/mol. The Balaban J connectivity index is 2.97. The van der Waals surface area contributed by atoms with Crippen LogP contribution in [-0.2, 0) is 14.8 Å². The summed E-state index contributed by atoms with van der Waals surface area (Å²) in [5.41, 5.74) is -0.846. The number of rotatable bonds is 5. The van der Waals surface area contributed by atoms with Crippen LogP contribution < -0.4 is 0 Å². The summed E-state index contributed by atoms with van der Waals surface area (Å²) in [6.45, 7) is 3.74. The molecule has 0 aliphatic heterocycles. The molecule has 0 spiro atoms. The Morgan fingerprint density at radius 3 is 2.57 bits per heavy atom. The van der Waals surface area contributed by atoms with Gasteiger partial charge in [0.2, 0.25) is 0 Å². The van der Waals surface area contributed by atoms with Crippen molar-refractivity contribution in [1.82, 2.24) is 14.8 Å². The third kappa shape index (κ3) is 2.20. The lowest BCUT2D eigenvalue weighted by molar-refractivity contribution is -0.0306. The van der Waals surface area contributed by atoms with Crippen LogP contribution in [0, 0.1) is 0 Å². The molecule has 1 heterocycles. The minimum Gasteiger partial charge on any atom is -0.326 e. The van der Waals surface area contributed by atoms with Gasteiger partial charge in [0.25, 0.3) is 0 Å². The minimum absolute atomic E-state index is 0.559. The predicted octanol–water partition coefficient (Wildman–Crippen LogP) is 1.15. The fraction of sp³-hybridized carbons (Fsp3) is 0.714. The third-order valence-electron chi connectivity index (χ3n) is 2.22. The van der Waals surface area contributed by atoms with Crippen LogP contribution in [0.25, 0.3) is 0 Å². The number of nitrogens with zero attached hydrogens (tertiary/aromatic N) is 3. The van der Waals surface area contributed by atoms with Crippen LogP contribution in [0.5, 0.6) is 0 Å². The molecular formula is C7H14N3O3P. The molecule has 1 aromatic heterocycles. The molecule has 1 unspecified atom stereocenters. The maximum absolute atomic E-state index is 10.7. The Morgan fingerprint density at radius 1 is 1.57 bits per heavy atom. The van der Waals surface area contributed by atoms with Crippen molar-refractivity contribution >= 4 is 8.25 Å². The highest BCUT2D eigenvalue weighted by atomic mass is 31.1. The normalized spacial score (nSPS) is 14.2. The molecule has 7 heteroatoms. The van der Waals surface area contributed by atoms with Crippen molar-refractivity contribution in [3.05, 3.63) is 12.7 Å². The Morgan fingerprint density at radius 2 is 2.21 bits per heavy atom. The third-order valence-corrected chi connectivity index (χ3v) is 2.77. The summed E-state index contributed by atoms with van der Waals surface area (Å²) >= 11 is 0. The van der Waals surface area contributed by atoms with E-state index in [0.717, 1.165) is 0 Å². The number of aromatic nitrogens is 3. The summed E-state index contributed by atoms with van der Waals surface area (Å²) < 4.78 is 17.3. The highest BCUT2D eigenvalue weighted by Crippen LogP contribution is 2.34. The first-order chi connectivity index (χ1) is 6.64. The van der Waals surface area contributed by atoms with Crippen LogP contribution >= 0.6 is 8.25 Å². The Labute approximate surface area is 82.9 Å². The second-order valence-electron chi connectivity index (χ2n) is 2.86. The number of hydrogen-bond donors (Lipinski definition) is 1. The van der Waals surface area contributed by atoms with E-state index < -0.39 is 14.0 Å². The second-order valence-corrected chi connectivity index (χ2v) is 3.60. The first kappa shape index (κ1) is 11.4.